The zero-order chi connectivity index (χ0) is 18.6. The van der Waals surface area contributed by atoms with Crippen LogP contribution >= 0.6 is 23.2 Å². The monoisotopic (exact) mass is 393 g/mol. The molecule has 2 rings (SSSR count). The fraction of sp³-hybridized carbons (Fsp3) is 0.333. The van der Waals surface area contributed by atoms with E-state index < -0.39 is 11.9 Å². The van der Waals surface area contributed by atoms with E-state index in [0.717, 1.165) is 6.07 Å². The first-order chi connectivity index (χ1) is 11.6. The summed E-state index contributed by atoms with van der Waals surface area (Å²) in [5.41, 5.74) is -0.667. The van der Waals surface area contributed by atoms with Crippen LogP contribution in [0.25, 0.3) is 0 Å². The van der Waals surface area contributed by atoms with Crippen molar-refractivity contribution in [2.75, 3.05) is 37.8 Å². The van der Waals surface area contributed by atoms with Gasteiger partial charge in [0.2, 0.25) is 5.95 Å². The van der Waals surface area contributed by atoms with Crippen molar-refractivity contribution in [1.82, 2.24) is 14.9 Å². The highest BCUT2D eigenvalue weighted by Crippen LogP contribution is 2.32. The average molecular weight is 394 g/mol. The van der Waals surface area contributed by atoms with Crippen LogP contribution in [0.2, 0.25) is 10.0 Å². The van der Waals surface area contributed by atoms with E-state index in [0.29, 0.717) is 23.8 Å². The van der Waals surface area contributed by atoms with E-state index >= 15 is 0 Å². The van der Waals surface area contributed by atoms with Crippen LogP contribution in [-0.2, 0) is 6.18 Å². The Bertz CT molecular complexity index is 738. The van der Waals surface area contributed by atoms with E-state index in [4.69, 9.17) is 23.2 Å². The lowest BCUT2D eigenvalue weighted by Crippen LogP contribution is -2.22. The smallest absolute Gasteiger partial charge is 0.353 e. The van der Waals surface area contributed by atoms with E-state index in [1.807, 2.05) is 19.0 Å². The normalized spacial score (nSPS) is 11.7. The van der Waals surface area contributed by atoms with E-state index in [1.54, 1.807) is 12.1 Å². The maximum absolute atomic E-state index is 13.1. The van der Waals surface area contributed by atoms with Gasteiger partial charge in [0.15, 0.2) is 5.69 Å². The Hall–Kier alpha value is -1.77. The molecule has 136 valence electrons. The number of aromatic nitrogens is 2. The molecule has 1 aromatic carbocycles. The van der Waals surface area contributed by atoms with Gasteiger partial charge in [-0.25, -0.2) is 4.98 Å². The van der Waals surface area contributed by atoms with Crippen LogP contribution in [0.4, 0.5) is 30.6 Å². The van der Waals surface area contributed by atoms with Gasteiger partial charge in [0, 0.05) is 24.2 Å². The van der Waals surface area contributed by atoms with Gasteiger partial charge in [0.25, 0.3) is 0 Å². The second-order valence-corrected chi connectivity index (χ2v) is 6.28. The molecule has 0 spiro atoms. The third-order valence-electron chi connectivity index (χ3n) is 3.05. The minimum Gasteiger partial charge on any atom is -0.353 e. The molecule has 1 aromatic heterocycles. The van der Waals surface area contributed by atoms with E-state index in [9.17, 15) is 13.2 Å². The largest absolute Gasteiger partial charge is 0.433 e. The highest BCUT2D eigenvalue weighted by Gasteiger charge is 2.33. The van der Waals surface area contributed by atoms with Gasteiger partial charge in [-0.1, -0.05) is 23.2 Å². The number of rotatable bonds is 6. The van der Waals surface area contributed by atoms with Gasteiger partial charge >= 0.3 is 6.18 Å². The zero-order valence-electron chi connectivity index (χ0n) is 13.5. The van der Waals surface area contributed by atoms with Crippen molar-refractivity contribution in [1.29, 1.82) is 0 Å². The summed E-state index contributed by atoms with van der Waals surface area (Å²) in [5.74, 6) is -0.150. The number of nitrogens with zero attached hydrogens (tertiary/aromatic N) is 3. The molecule has 25 heavy (non-hydrogen) atoms. The molecule has 0 atom stereocenters. The molecule has 1 heterocycles. The van der Waals surface area contributed by atoms with E-state index in [-0.39, 0.29) is 16.8 Å². The van der Waals surface area contributed by atoms with Crippen molar-refractivity contribution in [3.05, 3.63) is 40.0 Å². The molecular formula is C15H16Cl2F3N5. The van der Waals surface area contributed by atoms with Gasteiger partial charge in [-0.15, -0.1) is 0 Å². The molecule has 2 aromatic rings. The summed E-state index contributed by atoms with van der Waals surface area (Å²) < 4.78 is 39.2. The molecule has 0 aliphatic rings. The van der Waals surface area contributed by atoms with Gasteiger partial charge in [0.05, 0.1) is 10.7 Å². The molecule has 2 N–H and O–H groups in total. The van der Waals surface area contributed by atoms with Crippen LogP contribution in [0.3, 0.4) is 0 Å². The zero-order valence-corrected chi connectivity index (χ0v) is 15.0. The number of hydrogen-bond donors (Lipinski definition) is 2. The van der Waals surface area contributed by atoms with Crippen molar-refractivity contribution in [2.45, 2.75) is 6.18 Å². The molecule has 0 saturated heterocycles. The molecular weight excluding hydrogens is 378 g/mol. The first-order valence-corrected chi connectivity index (χ1v) is 7.97. The molecule has 10 heteroatoms. The van der Waals surface area contributed by atoms with Crippen molar-refractivity contribution in [2.24, 2.45) is 0 Å². The van der Waals surface area contributed by atoms with Crippen molar-refractivity contribution in [3.63, 3.8) is 0 Å². The van der Waals surface area contributed by atoms with Crippen LogP contribution in [0, 0.1) is 0 Å². The molecule has 0 fully saturated rings. The van der Waals surface area contributed by atoms with Crippen LogP contribution in [0.1, 0.15) is 5.69 Å². The van der Waals surface area contributed by atoms with Crippen molar-refractivity contribution in [3.8, 4) is 0 Å². The van der Waals surface area contributed by atoms with Gasteiger partial charge in [-0.3, -0.25) is 0 Å². The quantitative estimate of drug-likeness (QED) is 0.755. The summed E-state index contributed by atoms with van der Waals surface area (Å²) in [6, 6.07) is 5.42. The predicted octanol–water partition coefficient (Wildman–Crippen LogP) is 4.52. The maximum atomic E-state index is 13.1. The molecule has 0 unspecified atom stereocenters. The summed E-state index contributed by atoms with van der Waals surface area (Å²) >= 11 is 11.8. The van der Waals surface area contributed by atoms with E-state index in [2.05, 4.69) is 20.6 Å². The Balaban J connectivity index is 2.29. The minimum absolute atomic E-state index is 0.0288. The fourth-order valence-corrected chi connectivity index (χ4v) is 2.31. The number of benzene rings is 1. The van der Waals surface area contributed by atoms with Gasteiger partial charge in [0.1, 0.15) is 5.82 Å². The highest BCUT2D eigenvalue weighted by atomic mass is 35.5. The summed E-state index contributed by atoms with van der Waals surface area (Å²) in [4.78, 5) is 9.46. The van der Waals surface area contributed by atoms with Crippen LogP contribution in [0.5, 0.6) is 0 Å². The third kappa shape index (κ3) is 5.91. The molecule has 0 bridgehead atoms. The standard InChI is InChI=1S/C15H16Cl2F3N5/c1-25(2)6-5-21-14-23-12(15(18,19)20)8-13(24-14)22-11-4-3-9(16)7-10(11)17/h3-4,7-8H,5-6H2,1-2H3,(H2,21,22,23,24). The molecule has 5 nitrogen and oxygen atoms in total. The van der Waals surface area contributed by atoms with Crippen LogP contribution < -0.4 is 10.6 Å². The van der Waals surface area contributed by atoms with Crippen LogP contribution in [0.15, 0.2) is 24.3 Å². The summed E-state index contributed by atoms with van der Waals surface area (Å²) in [6.07, 6.45) is -4.60. The van der Waals surface area contributed by atoms with Gasteiger partial charge in [-0.2, -0.15) is 18.2 Å². The summed E-state index contributed by atoms with van der Waals surface area (Å²) in [6.45, 7) is 1.01. The number of halogens is 5. The Morgan fingerprint density at radius 3 is 2.44 bits per heavy atom. The second-order valence-electron chi connectivity index (χ2n) is 5.44. The summed E-state index contributed by atoms with van der Waals surface area (Å²) in [7, 11) is 3.70. The van der Waals surface area contributed by atoms with Crippen LogP contribution in [-0.4, -0.2) is 42.1 Å². The lowest BCUT2D eigenvalue weighted by molar-refractivity contribution is -0.141. The topological polar surface area (TPSA) is 53.1 Å². The first-order valence-electron chi connectivity index (χ1n) is 7.22. The number of anilines is 3. The Kier molecular flexibility index (Phi) is 6.31. The van der Waals surface area contributed by atoms with Crippen molar-refractivity contribution >= 4 is 40.7 Å². The molecule has 0 aliphatic heterocycles. The Labute approximate surface area is 153 Å². The molecule has 0 amide bonds. The Morgan fingerprint density at radius 2 is 1.84 bits per heavy atom. The maximum Gasteiger partial charge on any atom is 0.433 e. The number of likely N-dealkylation sites (N-methyl/N-ethyl adjacent to an activating group) is 1. The van der Waals surface area contributed by atoms with E-state index in [1.165, 1.54) is 6.07 Å². The van der Waals surface area contributed by atoms with Crippen molar-refractivity contribution < 1.29 is 13.2 Å². The number of alkyl halides is 3. The number of nitrogens with one attached hydrogen (secondary N) is 2. The SMILES string of the molecule is CN(C)CCNc1nc(Nc2ccc(Cl)cc2Cl)cc(C(F)(F)F)n1. The van der Waals surface area contributed by atoms with Gasteiger partial charge in [-0.05, 0) is 32.3 Å². The predicted molar refractivity (Wildman–Crippen MR) is 93.8 cm³/mol. The highest BCUT2D eigenvalue weighted by molar-refractivity contribution is 6.36. The molecule has 0 aliphatic carbocycles. The summed E-state index contributed by atoms with van der Waals surface area (Å²) in [5, 5.41) is 6.22. The lowest BCUT2D eigenvalue weighted by atomic mass is 10.3. The molecule has 0 radical (unpaired) electrons. The molecule has 0 saturated carbocycles. The number of hydrogen-bond acceptors (Lipinski definition) is 5. The first kappa shape index (κ1) is 19.6. The fourth-order valence-electron chi connectivity index (χ4n) is 1.86. The average Bonchev–Trinajstić information content (AvgIpc) is 2.49. The second kappa shape index (κ2) is 8.07. The van der Waals surface area contributed by atoms with Gasteiger partial charge < -0.3 is 15.5 Å². The Morgan fingerprint density at radius 1 is 1.12 bits per heavy atom. The third-order valence-corrected chi connectivity index (χ3v) is 3.60. The minimum atomic E-state index is -4.60. The lowest BCUT2D eigenvalue weighted by Gasteiger charge is -2.14.